The first-order valence-electron chi connectivity index (χ1n) is 4.71. The average molecular weight is 161 g/mol. The van der Waals surface area contributed by atoms with E-state index in [1.807, 2.05) is 0 Å². The van der Waals surface area contributed by atoms with Crippen LogP contribution in [0.4, 0.5) is 0 Å². The highest BCUT2D eigenvalue weighted by Crippen LogP contribution is 2.66. The van der Waals surface area contributed by atoms with Crippen LogP contribution in [0.2, 0.25) is 0 Å². The Morgan fingerprint density at radius 2 is 2.33 bits per heavy atom. The molecule has 3 rings (SSSR count). The molecular weight excluding hydrogens is 150 g/mol. The molecule has 12 heavy (non-hydrogen) atoms. The van der Waals surface area contributed by atoms with E-state index < -0.39 is 0 Å². The molecule has 4 bridgehead atoms. The Bertz CT molecular complexity index is 303. The van der Waals surface area contributed by atoms with Crippen LogP contribution in [-0.4, -0.2) is 5.78 Å². The molecule has 0 heterocycles. The van der Waals surface area contributed by atoms with Crippen LogP contribution in [0.15, 0.2) is 0 Å². The van der Waals surface area contributed by atoms with Gasteiger partial charge in [0.15, 0.2) is 0 Å². The van der Waals surface area contributed by atoms with Gasteiger partial charge in [-0.1, -0.05) is 0 Å². The summed E-state index contributed by atoms with van der Waals surface area (Å²) in [5.74, 6) is 1.70. The first-order chi connectivity index (χ1) is 5.77. The van der Waals surface area contributed by atoms with Crippen molar-refractivity contribution in [2.45, 2.75) is 25.7 Å². The summed E-state index contributed by atoms with van der Waals surface area (Å²) in [6, 6.07) is 2.41. The number of nitrogens with zero attached hydrogens (tertiary/aromatic N) is 1. The Balaban J connectivity index is 2.12. The van der Waals surface area contributed by atoms with Crippen molar-refractivity contribution in [1.29, 1.82) is 5.26 Å². The molecule has 0 aromatic heterocycles. The zero-order valence-corrected chi connectivity index (χ0v) is 6.92. The number of hydrogen-bond acceptors (Lipinski definition) is 2. The zero-order chi connectivity index (χ0) is 8.34. The lowest BCUT2D eigenvalue weighted by Gasteiger charge is -2.27. The first kappa shape index (κ1) is 6.65. The monoisotopic (exact) mass is 161 g/mol. The fourth-order valence-corrected chi connectivity index (χ4v) is 3.84. The molecule has 3 aliphatic carbocycles. The highest BCUT2D eigenvalue weighted by molar-refractivity contribution is 5.87. The smallest absolute Gasteiger partial charge is 0.138 e. The Labute approximate surface area is 71.6 Å². The molecule has 3 fully saturated rings. The predicted molar refractivity (Wildman–Crippen MR) is 42.0 cm³/mol. The minimum absolute atomic E-state index is 0.204. The van der Waals surface area contributed by atoms with Crippen LogP contribution < -0.4 is 0 Å². The van der Waals surface area contributed by atoms with Gasteiger partial charge in [-0.05, 0) is 31.1 Å². The van der Waals surface area contributed by atoms with Crippen LogP contribution in [0.1, 0.15) is 25.7 Å². The normalized spacial score (nSPS) is 54.6. The van der Waals surface area contributed by atoms with Gasteiger partial charge in [0, 0.05) is 12.3 Å². The van der Waals surface area contributed by atoms with Crippen molar-refractivity contribution in [2.24, 2.45) is 23.2 Å². The lowest BCUT2D eigenvalue weighted by atomic mass is 9.73. The Kier molecular flexibility index (Phi) is 0.962. The number of nitriles is 1. The van der Waals surface area contributed by atoms with E-state index in [4.69, 9.17) is 5.26 Å². The highest BCUT2D eigenvalue weighted by atomic mass is 16.1. The van der Waals surface area contributed by atoms with Gasteiger partial charge in [-0.25, -0.2) is 0 Å². The van der Waals surface area contributed by atoms with Gasteiger partial charge < -0.3 is 0 Å². The van der Waals surface area contributed by atoms with E-state index in [0.717, 1.165) is 12.8 Å². The molecule has 0 spiro atoms. The third-order valence-electron chi connectivity index (χ3n) is 4.21. The second-order valence-corrected chi connectivity index (χ2v) is 4.58. The van der Waals surface area contributed by atoms with E-state index in [1.54, 1.807) is 0 Å². The second kappa shape index (κ2) is 1.74. The summed E-state index contributed by atoms with van der Waals surface area (Å²) in [7, 11) is 0. The minimum atomic E-state index is -0.204. The topological polar surface area (TPSA) is 40.9 Å². The van der Waals surface area contributed by atoms with Crippen LogP contribution in [-0.2, 0) is 4.79 Å². The molecule has 0 radical (unpaired) electrons. The van der Waals surface area contributed by atoms with Crippen LogP contribution in [0.3, 0.4) is 0 Å². The molecule has 2 heteroatoms. The van der Waals surface area contributed by atoms with E-state index in [0.29, 0.717) is 30.0 Å². The lowest BCUT2D eigenvalue weighted by molar-refractivity contribution is -0.123. The fourth-order valence-electron chi connectivity index (χ4n) is 3.84. The second-order valence-electron chi connectivity index (χ2n) is 4.58. The van der Waals surface area contributed by atoms with E-state index in [1.165, 1.54) is 6.42 Å². The Morgan fingerprint density at radius 3 is 2.92 bits per heavy atom. The van der Waals surface area contributed by atoms with Crippen molar-refractivity contribution in [2.75, 3.05) is 0 Å². The molecule has 3 aliphatic rings. The van der Waals surface area contributed by atoms with Gasteiger partial charge in [-0.15, -0.1) is 0 Å². The highest BCUT2D eigenvalue weighted by Gasteiger charge is 2.65. The first-order valence-corrected chi connectivity index (χ1v) is 4.71. The number of ketones is 1. The number of carbonyl (C=O) groups excluding carboxylic acids is 1. The maximum Gasteiger partial charge on any atom is 0.138 e. The third-order valence-corrected chi connectivity index (χ3v) is 4.21. The summed E-state index contributed by atoms with van der Waals surface area (Å²) in [6.07, 6.45) is 3.92. The van der Waals surface area contributed by atoms with Crippen LogP contribution >= 0.6 is 0 Å². The maximum atomic E-state index is 11.5. The fraction of sp³-hybridized carbons (Fsp3) is 0.800. The van der Waals surface area contributed by atoms with Gasteiger partial charge in [0.25, 0.3) is 0 Å². The van der Waals surface area contributed by atoms with E-state index in [2.05, 4.69) is 6.07 Å². The molecular formula is C10H11NO. The van der Waals surface area contributed by atoms with E-state index in [-0.39, 0.29) is 5.41 Å². The van der Waals surface area contributed by atoms with Gasteiger partial charge in [0.05, 0.1) is 11.5 Å². The summed E-state index contributed by atoms with van der Waals surface area (Å²) < 4.78 is 0. The van der Waals surface area contributed by atoms with E-state index in [9.17, 15) is 4.79 Å². The molecule has 4 unspecified atom stereocenters. The molecule has 0 aromatic rings. The molecule has 0 aliphatic heterocycles. The van der Waals surface area contributed by atoms with Crippen molar-refractivity contribution in [3.05, 3.63) is 0 Å². The van der Waals surface area contributed by atoms with Crippen LogP contribution in [0, 0.1) is 34.5 Å². The largest absolute Gasteiger partial charge is 0.299 e. The zero-order valence-electron chi connectivity index (χ0n) is 6.92. The van der Waals surface area contributed by atoms with Crippen molar-refractivity contribution in [1.82, 2.24) is 0 Å². The standard InChI is InChI=1S/C10H11NO/c11-5-10-3-6-1-2-7(10)9(6)8(12)4-10/h6-7,9H,1-4H2. The number of Topliss-reactive ketones (excluding diaryl/α,β-unsaturated/α-hetero) is 1. The number of carbonyl (C=O) groups is 1. The van der Waals surface area contributed by atoms with Gasteiger partial charge in [-0.3, -0.25) is 4.79 Å². The molecule has 2 nitrogen and oxygen atoms in total. The van der Waals surface area contributed by atoms with Gasteiger partial charge >= 0.3 is 0 Å². The Hall–Kier alpha value is -0.840. The molecule has 62 valence electrons. The Morgan fingerprint density at radius 1 is 1.50 bits per heavy atom. The molecule has 0 N–H and O–H groups in total. The molecule has 0 amide bonds. The van der Waals surface area contributed by atoms with Crippen LogP contribution in [0.25, 0.3) is 0 Å². The molecule has 0 saturated heterocycles. The third kappa shape index (κ3) is 0.493. The van der Waals surface area contributed by atoms with Gasteiger partial charge in [-0.2, -0.15) is 5.26 Å². The predicted octanol–water partition coefficient (Wildman–Crippen LogP) is 1.52. The van der Waals surface area contributed by atoms with Crippen LogP contribution in [0.5, 0.6) is 0 Å². The SMILES string of the molecule is N#CC12CC(=O)C3C(CCC31)C2. The summed E-state index contributed by atoms with van der Waals surface area (Å²) >= 11 is 0. The minimum Gasteiger partial charge on any atom is -0.299 e. The number of rotatable bonds is 0. The molecule has 0 aromatic carbocycles. The van der Waals surface area contributed by atoms with Crippen molar-refractivity contribution < 1.29 is 4.79 Å². The van der Waals surface area contributed by atoms with E-state index >= 15 is 0 Å². The van der Waals surface area contributed by atoms with Crippen molar-refractivity contribution in [3.63, 3.8) is 0 Å². The molecule has 4 atom stereocenters. The molecule has 3 saturated carbocycles. The summed E-state index contributed by atoms with van der Waals surface area (Å²) in [5, 5.41) is 9.08. The summed E-state index contributed by atoms with van der Waals surface area (Å²) in [6.45, 7) is 0. The average Bonchev–Trinajstić information content (AvgIpc) is 2.66. The van der Waals surface area contributed by atoms with Gasteiger partial charge in [0.1, 0.15) is 5.78 Å². The van der Waals surface area contributed by atoms with Crippen molar-refractivity contribution in [3.8, 4) is 6.07 Å². The summed E-state index contributed by atoms with van der Waals surface area (Å²) in [4.78, 5) is 11.5. The quantitative estimate of drug-likeness (QED) is 0.540. The van der Waals surface area contributed by atoms with Gasteiger partial charge in [0.2, 0.25) is 0 Å². The van der Waals surface area contributed by atoms with Crippen molar-refractivity contribution >= 4 is 5.78 Å². The summed E-state index contributed by atoms with van der Waals surface area (Å²) in [5.41, 5.74) is -0.204. The maximum absolute atomic E-state index is 11.5. The lowest BCUT2D eigenvalue weighted by Crippen LogP contribution is -2.26. The number of hydrogen-bond donors (Lipinski definition) is 0.